The molecule has 2 rings (SSSR count). The first kappa shape index (κ1) is 13.7. The largest absolute Gasteiger partial charge is 0.395 e. The Hall–Kier alpha value is -0.770. The van der Waals surface area contributed by atoms with Gasteiger partial charge < -0.3 is 14.9 Å². The minimum Gasteiger partial charge on any atom is -0.395 e. The van der Waals surface area contributed by atoms with Crippen LogP contribution in [0.3, 0.4) is 0 Å². The van der Waals surface area contributed by atoms with Crippen molar-refractivity contribution >= 4 is 6.03 Å². The molecule has 1 heterocycles. The van der Waals surface area contributed by atoms with Crippen molar-refractivity contribution < 1.29 is 9.90 Å². The number of urea groups is 1. The highest BCUT2D eigenvalue weighted by Gasteiger charge is 2.29. The topological polar surface area (TPSA) is 43.8 Å². The molecule has 1 N–H and O–H groups in total. The molecule has 1 aliphatic carbocycles. The maximum atomic E-state index is 12.6. The van der Waals surface area contributed by atoms with Crippen LogP contribution in [0.1, 0.15) is 51.4 Å². The highest BCUT2D eigenvalue weighted by atomic mass is 16.3. The van der Waals surface area contributed by atoms with E-state index in [1.165, 1.54) is 25.7 Å². The van der Waals surface area contributed by atoms with Crippen molar-refractivity contribution in [2.75, 3.05) is 26.2 Å². The van der Waals surface area contributed by atoms with Gasteiger partial charge in [-0.05, 0) is 25.7 Å². The average Bonchev–Trinajstić information content (AvgIpc) is 2.77. The number of aliphatic hydroxyl groups is 1. The number of rotatable bonds is 3. The molecule has 0 aromatic heterocycles. The predicted molar refractivity (Wildman–Crippen MR) is 71.5 cm³/mol. The first-order valence-electron chi connectivity index (χ1n) is 7.49. The zero-order valence-corrected chi connectivity index (χ0v) is 11.3. The second-order valence-corrected chi connectivity index (χ2v) is 5.54. The first-order chi connectivity index (χ1) is 8.83. The van der Waals surface area contributed by atoms with E-state index in [9.17, 15) is 9.90 Å². The molecular formula is C14H26N2O2. The van der Waals surface area contributed by atoms with E-state index in [0.717, 1.165) is 38.8 Å². The van der Waals surface area contributed by atoms with E-state index in [0.29, 0.717) is 12.6 Å². The van der Waals surface area contributed by atoms with Crippen molar-refractivity contribution in [3.63, 3.8) is 0 Å². The minimum absolute atomic E-state index is 0.0794. The van der Waals surface area contributed by atoms with Crippen LogP contribution in [0.5, 0.6) is 0 Å². The summed E-state index contributed by atoms with van der Waals surface area (Å²) in [4.78, 5) is 16.5. The third-order valence-corrected chi connectivity index (χ3v) is 4.23. The average molecular weight is 254 g/mol. The van der Waals surface area contributed by atoms with Gasteiger partial charge in [-0.3, -0.25) is 0 Å². The SMILES string of the molecule is O=C(N1CCCCCC1)N(CCO)C1CCCC1. The molecular weight excluding hydrogens is 228 g/mol. The van der Waals surface area contributed by atoms with Gasteiger partial charge in [-0.25, -0.2) is 4.79 Å². The molecule has 104 valence electrons. The van der Waals surface area contributed by atoms with Crippen LogP contribution in [0.25, 0.3) is 0 Å². The van der Waals surface area contributed by atoms with Crippen LogP contribution in [0.15, 0.2) is 0 Å². The summed E-state index contributed by atoms with van der Waals surface area (Å²) in [6.07, 6.45) is 9.41. The highest BCUT2D eigenvalue weighted by molar-refractivity contribution is 5.75. The summed E-state index contributed by atoms with van der Waals surface area (Å²) in [5.74, 6) is 0. The molecule has 0 spiro atoms. The van der Waals surface area contributed by atoms with E-state index in [1.807, 2.05) is 9.80 Å². The molecule has 0 aromatic carbocycles. The molecule has 0 unspecified atom stereocenters. The van der Waals surface area contributed by atoms with Gasteiger partial charge in [0.1, 0.15) is 0 Å². The lowest BCUT2D eigenvalue weighted by Gasteiger charge is -2.33. The molecule has 1 saturated heterocycles. The van der Waals surface area contributed by atoms with Crippen molar-refractivity contribution in [2.45, 2.75) is 57.4 Å². The van der Waals surface area contributed by atoms with Gasteiger partial charge in [-0.2, -0.15) is 0 Å². The maximum absolute atomic E-state index is 12.6. The van der Waals surface area contributed by atoms with Gasteiger partial charge in [0.05, 0.1) is 6.61 Å². The van der Waals surface area contributed by atoms with E-state index in [2.05, 4.69) is 0 Å². The number of likely N-dealkylation sites (tertiary alicyclic amines) is 1. The Bertz CT molecular complexity index is 257. The summed E-state index contributed by atoms with van der Waals surface area (Å²) >= 11 is 0. The monoisotopic (exact) mass is 254 g/mol. The number of amides is 2. The van der Waals surface area contributed by atoms with Crippen LogP contribution < -0.4 is 0 Å². The molecule has 1 aliphatic heterocycles. The lowest BCUT2D eigenvalue weighted by molar-refractivity contribution is 0.120. The van der Waals surface area contributed by atoms with Crippen molar-refractivity contribution in [1.82, 2.24) is 9.80 Å². The predicted octanol–water partition coefficient (Wildman–Crippen LogP) is 2.22. The van der Waals surface area contributed by atoms with Crippen LogP contribution in [-0.4, -0.2) is 53.2 Å². The van der Waals surface area contributed by atoms with Crippen LogP contribution >= 0.6 is 0 Å². The number of carbonyl (C=O) groups excluding carboxylic acids is 1. The Morgan fingerprint density at radius 3 is 2.22 bits per heavy atom. The van der Waals surface area contributed by atoms with Crippen LogP contribution in [0.2, 0.25) is 0 Å². The molecule has 0 aromatic rings. The standard InChI is InChI=1S/C14H26N2O2/c17-12-11-16(13-7-3-4-8-13)14(18)15-9-5-1-2-6-10-15/h13,17H,1-12H2. The Morgan fingerprint density at radius 1 is 1.06 bits per heavy atom. The van der Waals surface area contributed by atoms with Gasteiger partial charge in [0.15, 0.2) is 0 Å². The molecule has 0 bridgehead atoms. The van der Waals surface area contributed by atoms with E-state index in [1.54, 1.807) is 0 Å². The lowest BCUT2D eigenvalue weighted by atomic mass is 10.2. The molecule has 0 atom stereocenters. The quantitative estimate of drug-likeness (QED) is 0.839. The van der Waals surface area contributed by atoms with Crippen LogP contribution in [0, 0.1) is 0 Å². The summed E-state index contributed by atoms with van der Waals surface area (Å²) in [5.41, 5.74) is 0. The van der Waals surface area contributed by atoms with E-state index in [4.69, 9.17) is 0 Å². The van der Waals surface area contributed by atoms with Crippen LogP contribution in [-0.2, 0) is 0 Å². The molecule has 2 aliphatic rings. The summed E-state index contributed by atoms with van der Waals surface area (Å²) in [7, 11) is 0. The molecule has 4 heteroatoms. The Kier molecular flexibility index (Phi) is 5.29. The van der Waals surface area contributed by atoms with Crippen molar-refractivity contribution in [3.05, 3.63) is 0 Å². The van der Waals surface area contributed by atoms with Gasteiger partial charge in [-0.15, -0.1) is 0 Å². The van der Waals surface area contributed by atoms with Gasteiger partial charge in [0.25, 0.3) is 0 Å². The fourth-order valence-corrected chi connectivity index (χ4v) is 3.20. The highest BCUT2D eigenvalue weighted by Crippen LogP contribution is 2.25. The Labute approximate surface area is 110 Å². The van der Waals surface area contributed by atoms with Crippen molar-refractivity contribution in [2.24, 2.45) is 0 Å². The zero-order valence-electron chi connectivity index (χ0n) is 11.3. The van der Waals surface area contributed by atoms with E-state index < -0.39 is 0 Å². The normalized spacial score (nSPS) is 21.9. The fraction of sp³-hybridized carbons (Fsp3) is 0.929. The molecule has 2 amide bonds. The summed E-state index contributed by atoms with van der Waals surface area (Å²) in [6, 6.07) is 0.533. The third-order valence-electron chi connectivity index (χ3n) is 4.23. The van der Waals surface area contributed by atoms with E-state index >= 15 is 0 Å². The smallest absolute Gasteiger partial charge is 0.320 e. The number of carbonyl (C=O) groups is 1. The number of hydrogen-bond donors (Lipinski definition) is 1. The van der Waals surface area contributed by atoms with Gasteiger partial charge >= 0.3 is 6.03 Å². The fourth-order valence-electron chi connectivity index (χ4n) is 3.20. The van der Waals surface area contributed by atoms with Crippen molar-refractivity contribution in [1.29, 1.82) is 0 Å². The summed E-state index contributed by atoms with van der Waals surface area (Å²) < 4.78 is 0. The van der Waals surface area contributed by atoms with E-state index in [-0.39, 0.29) is 12.6 Å². The number of nitrogens with zero attached hydrogens (tertiary/aromatic N) is 2. The van der Waals surface area contributed by atoms with Gasteiger partial charge in [0.2, 0.25) is 0 Å². The minimum atomic E-state index is 0.0794. The lowest BCUT2D eigenvalue weighted by Crippen LogP contribution is -2.48. The Morgan fingerprint density at radius 2 is 1.67 bits per heavy atom. The zero-order chi connectivity index (χ0) is 12.8. The van der Waals surface area contributed by atoms with Gasteiger partial charge in [-0.1, -0.05) is 25.7 Å². The second-order valence-electron chi connectivity index (χ2n) is 5.54. The molecule has 4 nitrogen and oxygen atoms in total. The summed E-state index contributed by atoms with van der Waals surface area (Å²) in [5, 5.41) is 9.19. The molecule has 1 saturated carbocycles. The number of hydrogen-bond acceptors (Lipinski definition) is 2. The first-order valence-corrected chi connectivity index (χ1v) is 7.49. The second kappa shape index (κ2) is 6.98. The molecule has 0 radical (unpaired) electrons. The van der Waals surface area contributed by atoms with Crippen LogP contribution in [0.4, 0.5) is 4.79 Å². The van der Waals surface area contributed by atoms with Gasteiger partial charge in [0, 0.05) is 25.7 Å². The van der Waals surface area contributed by atoms with Crippen molar-refractivity contribution in [3.8, 4) is 0 Å². The number of aliphatic hydroxyl groups excluding tert-OH is 1. The molecule has 18 heavy (non-hydrogen) atoms. The maximum Gasteiger partial charge on any atom is 0.320 e. The molecule has 2 fully saturated rings. The third kappa shape index (κ3) is 3.37. The Balaban J connectivity index is 1.96. The summed E-state index contributed by atoms with van der Waals surface area (Å²) in [6.45, 7) is 2.37.